The number of hydrogen-bond donors (Lipinski definition) is 6. The Morgan fingerprint density at radius 3 is 2.49 bits per heavy atom. The normalized spacial score (nSPS) is 26.7. The predicted octanol–water partition coefficient (Wildman–Crippen LogP) is 2.18. The van der Waals surface area contributed by atoms with E-state index in [0.29, 0.717) is 6.54 Å². The zero-order valence-corrected chi connectivity index (χ0v) is 22.7. The molecule has 212 valence electrons. The lowest BCUT2D eigenvalue weighted by molar-refractivity contribution is -0.138. The molecule has 39 heavy (non-hydrogen) atoms. The van der Waals surface area contributed by atoms with Crippen molar-refractivity contribution in [2.45, 2.75) is 57.7 Å². The Hall–Kier alpha value is -3.28. The fourth-order valence-electron chi connectivity index (χ4n) is 6.49. The molecule has 4 rings (SSSR count). The number of fused-ring (bicyclic) bond motifs is 3. The number of nitrogens with two attached hydrogens (primary N) is 1. The molecule has 0 unspecified atom stereocenters. The van der Waals surface area contributed by atoms with Gasteiger partial charge in [0.15, 0.2) is 5.60 Å². The van der Waals surface area contributed by atoms with E-state index in [1.54, 1.807) is 14.1 Å². The number of primary amides is 1. The van der Waals surface area contributed by atoms with Gasteiger partial charge in [-0.25, -0.2) is 4.39 Å². The molecule has 1 fully saturated rings. The summed E-state index contributed by atoms with van der Waals surface area (Å²) in [7, 11) is 3.17. The smallest absolute Gasteiger partial charge is 0.254 e. The fourth-order valence-corrected chi connectivity index (χ4v) is 6.49. The molecule has 0 spiro atoms. The van der Waals surface area contributed by atoms with E-state index < -0.39 is 69.5 Å². The number of benzene rings is 1. The molecule has 3 aliphatic rings. The third kappa shape index (κ3) is 4.32. The van der Waals surface area contributed by atoms with Gasteiger partial charge in [0.2, 0.25) is 5.78 Å². The second-order valence-corrected chi connectivity index (χ2v) is 11.0. The van der Waals surface area contributed by atoms with Crippen molar-refractivity contribution in [3.63, 3.8) is 0 Å². The molecule has 0 heterocycles. The van der Waals surface area contributed by atoms with Crippen molar-refractivity contribution < 1.29 is 34.4 Å². The second kappa shape index (κ2) is 10.4. The number of ketones is 1. The Labute approximate surface area is 226 Å². The van der Waals surface area contributed by atoms with Gasteiger partial charge in [-0.05, 0) is 58.4 Å². The number of carbonyl (C=O) groups is 2. The van der Waals surface area contributed by atoms with E-state index in [4.69, 9.17) is 11.1 Å². The molecule has 10 nitrogen and oxygen atoms in total. The van der Waals surface area contributed by atoms with Gasteiger partial charge >= 0.3 is 0 Å². The molecule has 3 aliphatic carbocycles. The van der Waals surface area contributed by atoms with Gasteiger partial charge in [-0.15, -0.1) is 0 Å². The Morgan fingerprint density at radius 1 is 1.26 bits per heavy atom. The van der Waals surface area contributed by atoms with E-state index in [1.807, 2.05) is 6.92 Å². The highest BCUT2D eigenvalue weighted by atomic mass is 19.1. The first-order valence-electron chi connectivity index (χ1n) is 13.3. The third-order valence-corrected chi connectivity index (χ3v) is 8.45. The summed E-state index contributed by atoms with van der Waals surface area (Å²) in [5.74, 6) is -6.20. The zero-order valence-electron chi connectivity index (χ0n) is 22.7. The van der Waals surface area contributed by atoms with Crippen LogP contribution in [-0.2, 0) is 22.6 Å². The lowest BCUT2D eigenvalue weighted by Gasteiger charge is -2.51. The van der Waals surface area contributed by atoms with Gasteiger partial charge in [-0.2, -0.15) is 0 Å². The summed E-state index contributed by atoms with van der Waals surface area (Å²) >= 11 is 0. The number of aromatic hydroxyl groups is 1. The summed E-state index contributed by atoms with van der Waals surface area (Å²) in [6, 6.07) is 0.211. The Bertz CT molecular complexity index is 1310. The molecule has 1 aromatic carbocycles. The first-order chi connectivity index (χ1) is 18.3. The van der Waals surface area contributed by atoms with Gasteiger partial charge in [0.1, 0.15) is 28.7 Å². The summed E-state index contributed by atoms with van der Waals surface area (Å²) in [5.41, 5.74) is 1.23. The van der Waals surface area contributed by atoms with Crippen LogP contribution in [0.1, 0.15) is 49.8 Å². The first kappa shape index (κ1) is 28.7. The number of aliphatic hydroxyl groups excluding tert-OH is 2. The van der Waals surface area contributed by atoms with Crippen molar-refractivity contribution in [2.75, 3.05) is 27.2 Å². The maximum absolute atomic E-state index is 15.9. The molecule has 0 aromatic heterocycles. The minimum absolute atomic E-state index is 0.00951. The van der Waals surface area contributed by atoms with E-state index in [1.165, 1.54) is 11.0 Å². The number of phenols is 1. The largest absolute Gasteiger partial charge is 0.510 e. The van der Waals surface area contributed by atoms with Crippen LogP contribution < -0.4 is 5.73 Å². The van der Waals surface area contributed by atoms with Crippen molar-refractivity contribution in [3.8, 4) is 5.75 Å². The number of carbonyl (C=O) groups excluding carboxylic acids is 2. The summed E-state index contributed by atoms with van der Waals surface area (Å²) < 4.78 is 15.9. The molecule has 7 N–H and O–H groups in total. The van der Waals surface area contributed by atoms with Crippen molar-refractivity contribution in [1.82, 2.24) is 9.80 Å². The number of nitrogens with one attached hydrogen (secondary N) is 1. The summed E-state index contributed by atoms with van der Waals surface area (Å²) in [6.45, 7) is 5.75. The lowest BCUT2D eigenvalue weighted by Crippen LogP contribution is -2.67. The van der Waals surface area contributed by atoms with Crippen molar-refractivity contribution in [3.05, 3.63) is 45.5 Å². The van der Waals surface area contributed by atoms with Gasteiger partial charge in [-0.1, -0.05) is 20.3 Å². The molecule has 1 amide bonds. The van der Waals surface area contributed by atoms with Crippen LogP contribution in [0.5, 0.6) is 5.75 Å². The van der Waals surface area contributed by atoms with E-state index in [0.717, 1.165) is 19.4 Å². The monoisotopic (exact) mass is 544 g/mol. The van der Waals surface area contributed by atoms with E-state index >= 15 is 4.39 Å². The number of likely N-dealkylation sites (N-methyl/N-ethyl adjacent to an activating group) is 1. The summed E-state index contributed by atoms with van der Waals surface area (Å²) in [4.78, 5) is 29.6. The summed E-state index contributed by atoms with van der Waals surface area (Å²) in [6.07, 6.45) is 1.87. The topological polar surface area (TPSA) is 171 Å². The highest BCUT2D eigenvalue weighted by Gasteiger charge is 2.63. The molecule has 0 aliphatic heterocycles. The predicted molar refractivity (Wildman–Crippen MR) is 143 cm³/mol. The molecular weight excluding hydrogens is 507 g/mol. The Kier molecular flexibility index (Phi) is 7.63. The van der Waals surface area contributed by atoms with Crippen LogP contribution >= 0.6 is 0 Å². The maximum atomic E-state index is 15.9. The number of amides is 1. The van der Waals surface area contributed by atoms with E-state index in [-0.39, 0.29) is 41.6 Å². The highest BCUT2D eigenvalue weighted by Crippen LogP contribution is 2.52. The van der Waals surface area contributed by atoms with Gasteiger partial charge in [0.25, 0.3) is 5.91 Å². The van der Waals surface area contributed by atoms with Crippen LogP contribution in [0.25, 0.3) is 5.76 Å². The number of halogens is 1. The summed E-state index contributed by atoms with van der Waals surface area (Å²) in [5, 5.41) is 53.2. The van der Waals surface area contributed by atoms with Crippen molar-refractivity contribution in [1.29, 1.82) is 5.41 Å². The number of hydrogen-bond acceptors (Lipinski definition) is 9. The second-order valence-electron chi connectivity index (χ2n) is 11.0. The average molecular weight is 545 g/mol. The van der Waals surface area contributed by atoms with Crippen LogP contribution in [0.2, 0.25) is 0 Å². The molecule has 0 bridgehead atoms. The lowest BCUT2D eigenvalue weighted by atomic mass is 9.57. The third-order valence-electron chi connectivity index (χ3n) is 8.45. The van der Waals surface area contributed by atoms with E-state index in [2.05, 4.69) is 11.8 Å². The minimum Gasteiger partial charge on any atom is -0.510 e. The molecule has 0 saturated heterocycles. The molecule has 1 saturated carbocycles. The SMILES string of the molecule is CCCCN(CC)Cc1cc(O)c2c(c1F)C[C@H]1C[C@H]3[C@H](N(C)C)C(O)=C(C(N)=O)C(=N)[C@@]3(O)C(=O)C1=C2O. The standard InChI is InChI=1S/C28H37FN4O6/c1-5-7-8-33(6-2)12-14-11-17(34)19-15(21(14)29)9-13-10-16-22(32(3)4)24(36)20(27(31)38)25(30)28(16,39)26(37)18(13)23(19)35/h11,13,16,22,30,34-36,39H,5-10,12H2,1-4H3,(H2,31,38)/t13-,16-,22-,28+/m0/s1. The van der Waals surface area contributed by atoms with E-state index in [9.17, 15) is 30.0 Å². The van der Waals surface area contributed by atoms with Crippen LogP contribution in [-0.4, -0.2) is 86.5 Å². The molecule has 0 radical (unpaired) electrons. The van der Waals surface area contributed by atoms with Gasteiger partial charge in [-0.3, -0.25) is 19.4 Å². The number of phenolic OH excluding ortho intramolecular Hbond substituents is 1. The van der Waals surface area contributed by atoms with Crippen molar-refractivity contribution >= 4 is 23.2 Å². The van der Waals surface area contributed by atoms with Crippen LogP contribution in [0.15, 0.2) is 23.0 Å². The molecule has 4 atom stereocenters. The zero-order chi connectivity index (χ0) is 29.0. The minimum atomic E-state index is -2.57. The van der Waals surface area contributed by atoms with Crippen LogP contribution in [0.4, 0.5) is 4.39 Å². The first-order valence-corrected chi connectivity index (χ1v) is 13.3. The molecule has 1 aromatic rings. The number of aliphatic hydroxyl groups is 3. The van der Waals surface area contributed by atoms with Gasteiger partial charge in [0.05, 0.1) is 17.3 Å². The number of unbranched alkanes of at least 4 members (excludes halogenated alkanes) is 1. The van der Waals surface area contributed by atoms with Crippen LogP contribution in [0, 0.1) is 23.1 Å². The van der Waals surface area contributed by atoms with Crippen LogP contribution in [0.3, 0.4) is 0 Å². The fraction of sp³-hybridized carbons (Fsp3) is 0.536. The number of Topliss-reactive ketones (excluding diaryl/α,β-unsaturated/α-hetero) is 1. The Morgan fingerprint density at radius 2 is 1.92 bits per heavy atom. The van der Waals surface area contributed by atoms with Crippen molar-refractivity contribution in [2.24, 2.45) is 17.6 Å². The Balaban J connectivity index is 1.84. The number of nitrogens with zero attached hydrogens (tertiary/aromatic N) is 2. The molecule has 11 heteroatoms. The van der Waals surface area contributed by atoms with Gasteiger partial charge < -0.3 is 31.6 Å². The van der Waals surface area contributed by atoms with Gasteiger partial charge in [0, 0.05) is 29.2 Å². The maximum Gasteiger partial charge on any atom is 0.254 e. The molecular formula is C28H37FN4O6. The average Bonchev–Trinajstić information content (AvgIpc) is 2.86. The quantitative estimate of drug-likeness (QED) is 0.289. The highest BCUT2D eigenvalue weighted by molar-refractivity contribution is 6.33. The number of rotatable bonds is 8.